The van der Waals surface area contributed by atoms with E-state index in [1.165, 1.54) is 0 Å². The number of hydrogen-bond donors (Lipinski definition) is 3. The zero-order valence-electron chi connectivity index (χ0n) is 29.3. The van der Waals surface area contributed by atoms with E-state index in [9.17, 15) is 24.3 Å². The Morgan fingerprint density at radius 2 is 1.48 bits per heavy atom. The fraction of sp³-hybridized carbons (Fsp3) is 0.824. The standard InChI is InChI=1S/C34H61N5O5/c1-21(2)25(20-40)35-30(41)27-16-14-18-39(27)32(43)24(7)19-28(22(3)4)37(11)33(44)29(34(8,9)10)36-31(42)26-15-12-13-17-38(26)23(5)6/h19,21-23,25-29,40H,12-18,20H2,1-11H3,(H,35,41)(H,36,42)/b24-19+/t25-,26?,27?,28-,29?/m1/s1. The largest absolute Gasteiger partial charge is 0.394 e. The van der Waals surface area contributed by atoms with Gasteiger partial charge in [0.05, 0.1) is 24.7 Å². The summed E-state index contributed by atoms with van der Waals surface area (Å²) in [7, 11) is 1.74. The van der Waals surface area contributed by atoms with Gasteiger partial charge in [0, 0.05) is 25.2 Å². The van der Waals surface area contributed by atoms with E-state index in [0.717, 1.165) is 32.2 Å². The van der Waals surface area contributed by atoms with Crippen LogP contribution in [0.5, 0.6) is 0 Å². The number of nitrogens with one attached hydrogen (secondary N) is 2. The van der Waals surface area contributed by atoms with Crippen molar-refractivity contribution < 1.29 is 24.3 Å². The Labute approximate surface area is 266 Å². The molecule has 2 saturated heterocycles. The molecule has 0 aromatic rings. The van der Waals surface area contributed by atoms with Crippen molar-refractivity contribution in [1.82, 2.24) is 25.3 Å². The number of carbonyl (C=O) groups is 4. The monoisotopic (exact) mass is 619 g/mol. The Morgan fingerprint density at radius 3 is 2.00 bits per heavy atom. The highest BCUT2D eigenvalue weighted by Crippen LogP contribution is 2.27. The Morgan fingerprint density at radius 1 is 0.886 bits per heavy atom. The molecule has 2 aliphatic heterocycles. The number of rotatable bonds is 12. The average Bonchev–Trinajstić information content (AvgIpc) is 3.45. The van der Waals surface area contributed by atoms with E-state index in [4.69, 9.17) is 0 Å². The van der Waals surface area contributed by atoms with Crippen molar-refractivity contribution in [3.63, 3.8) is 0 Å². The lowest BCUT2D eigenvalue weighted by Gasteiger charge is -2.41. The molecule has 0 aliphatic carbocycles. The molecule has 3 unspecified atom stereocenters. The molecule has 2 fully saturated rings. The average molecular weight is 620 g/mol. The summed E-state index contributed by atoms with van der Waals surface area (Å²) in [6.45, 7) is 20.9. The summed E-state index contributed by atoms with van der Waals surface area (Å²) >= 11 is 0. The number of hydrogen-bond acceptors (Lipinski definition) is 6. The molecule has 2 heterocycles. The summed E-state index contributed by atoms with van der Waals surface area (Å²) in [6.07, 6.45) is 5.94. The highest BCUT2D eigenvalue weighted by molar-refractivity contribution is 5.97. The van der Waals surface area contributed by atoms with Gasteiger partial charge in [0.2, 0.25) is 23.6 Å². The molecule has 10 nitrogen and oxygen atoms in total. The molecular weight excluding hydrogens is 558 g/mol. The third-order valence-corrected chi connectivity index (χ3v) is 9.29. The lowest BCUT2D eigenvalue weighted by Crippen LogP contribution is -2.60. The van der Waals surface area contributed by atoms with Gasteiger partial charge in [-0.1, -0.05) is 61.0 Å². The van der Waals surface area contributed by atoms with E-state index >= 15 is 0 Å². The SMILES string of the molecule is C/C(=C\[C@H](C(C)C)N(C)C(=O)C(NC(=O)C1CCCCN1C(C)C)C(C)(C)C)C(=O)N1CCCC1C(=O)N[C@H](CO)C(C)C. The Hall–Kier alpha value is -2.46. The Balaban J connectivity index is 2.26. The predicted octanol–water partition coefficient (Wildman–Crippen LogP) is 3.33. The molecule has 0 saturated carbocycles. The van der Waals surface area contributed by atoms with Crippen LogP contribution in [0.25, 0.3) is 0 Å². The third-order valence-electron chi connectivity index (χ3n) is 9.29. The summed E-state index contributed by atoms with van der Waals surface area (Å²) in [5, 5.41) is 15.7. The summed E-state index contributed by atoms with van der Waals surface area (Å²) < 4.78 is 0. The topological polar surface area (TPSA) is 122 Å². The summed E-state index contributed by atoms with van der Waals surface area (Å²) in [6, 6.07) is -2.13. The van der Waals surface area contributed by atoms with Crippen LogP contribution in [0.2, 0.25) is 0 Å². The molecule has 10 heteroatoms. The number of carbonyl (C=O) groups excluding carboxylic acids is 4. The van der Waals surface area contributed by atoms with Gasteiger partial charge in [-0.15, -0.1) is 0 Å². The molecule has 0 bridgehead atoms. The number of aliphatic hydroxyl groups is 1. The van der Waals surface area contributed by atoms with E-state index in [1.54, 1.807) is 23.8 Å². The minimum atomic E-state index is -0.742. The molecule has 44 heavy (non-hydrogen) atoms. The van der Waals surface area contributed by atoms with Crippen molar-refractivity contribution in [3.8, 4) is 0 Å². The summed E-state index contributed by atoms with van der Waals surface area (Å²) in [5.74, 6) is -0.730. The fourth-order valence-electron chi connectivity index (χ4n) is 6.38. The van der Waals surface area contributed by atoms with Crippen LogP contribution in [0, 0.1) is 17.3 Å². The van der Waals surface area contributed by atoms with Crippen LogP contribution in [-0.4, -0.2) is 106 Å². The molecule has 252 valence electrons. The normalized spacial score (nSPS) is 22.2. The second-order valence-electron chi connectivity index (χ2n) is 14.9. The van der Waals surface area contributed by atoms with Crippen LogP contribution in [0.3, 0.4) is 0 Å². The van der Waals surface area contributed by atoms with Gasteiger partial charge >= 0.3 is 0 Å². The number of piperidine rings is 1. The van der Waals surface area contributed by atoms with E-state index in [0.29, 0.717) is 18.5 Å². The summed E-state index contributed by atoms with van der Waals surface area (Å²) in [4.78, 5) is 59.9. The van der Waals surface area contributed by atoms with Gasteiger partial charge in [0.25, 0.3) is 0 Å². The second-order valence-corrected chi connectivity index (χ2v) is 14.9. The number of likely N-dealkylation sites (tertiary alicyclic amines) is 2. The summed E-state index contributed by atoms with van der Waals surface area (Å²) in [5.41, 5.74) is -0.0655. The van der Waals surface area contributed by atoms with Crippen LogP contribution in [0.4, 0.5) is 0 Å². The molecule has 0 spiro atoms. The molecule has 2 aliphatic rings. The molecule has 2 rings (SSSR count). The zero-order valence-corrected chi connectivity index (χ0v) is 29.3. The first kappa shape index (κ1) is 37.7. The van der Waals surface area contributed by atoms with Gasteiger partial charge in [-0.05, 0) is 70.3 Å². The minimum Gasteiger partial charge on any atom is -0.394 e. The molecule has 0 radical (unpaired) electrons. The van der Waals surface area contributed by atoms with Gasteiger partial charge in [0.15, 0.2) is 0 Å². The molecule has 4 amide bonds. The third kappa shape index (κ3) is 9.52. The molecule has 0 aromatic heterocycles. The predicted molar refractivity (Wildman–Crippen MR) is 175 cm³/mol. The number of likely N-dealkylation sites (N-methyl/N-ethyl adjacent to an activating group) is 1. The van der Waals surface area contributed by atoms with Crippen LogP contribution in [0.15, 0.2) is 11.6 Å². The zero-order chi connectivity index (χ0) is 33.5. The van der Waals surface area contributed by atoms with Gasteiger partial charge in [-0.25, -0.2) is 0 Å². The van der Waals surface area contributed by atoms with E-state index < -0.39 is 23.5 Å². The first-order valence-electron chi connectivity index (χ1n) is 16.7. The lowest BCUT2D eigenvalue weighted by atomic mass is 9.84. The van der Waals surface area contributed by atoms with Crippen LogP contribution in [-0.2, 0) is 19.2 Å². The van der Waals surface area contributed by atoms with Crippen LogP contribution < -0.4 is 10.6 Å². The van der Waals surface area contributed by atoms with Crippen molar-refractivity contribution in [2.45, 2.75) is 138 Å². The van der Waals surface area contributed by atoms with Gasteiger partial charge in [0.1, 0.15) is 12.1 Å². The van der Waals surface area contributed by atoms with Crippen LogP contribution >= 0.6 is 0 Å². The molecular formula is C34H61N5O5. The fourth-order valence-corrected chi connectivity index (χ4v) is 6.38. The van der Waals surface area contributed by atoms with Crippen molar-refractivity contribution in [1.29, 1.82) is 0 Å². The minimum absolute atomic E-state index is 0.00757. The van der Waals surface area contributed by atoms with Gasteiger partial charge in [-0.3, -0.25) is 24.1 Å². The quantitative estimate of drug-likeness (QED) is 0.288. The van der Waals surface area contributed by atoms with Crippen LogP contribution in [0.1, 0.15) is 101 Å². The number of amides is 4. The van der Waals surface area contributed by atoms with E-state index in [-0.39, 0.29) is 60.2 Å². The Bertz CT molecular complexity index is 1030. The first-order chi connectivity index (χ1) is 20.4. The van der Waals surface area contributed by atoms with Crippen molar-refractivity contribution in [2.24, 2.45) is 17.3 Å². The number of nitrogens with zero attached hydrogens (tertiary/aromatic N) is 3. The maximum absolute atomic E-state index is 14.1. The smallest absolute Gasteiger partial charge is 0.249 e. The van der Waals surface area contributed by atoms with Crippen molar-refractivity contribution in [2.75, 3.05) is 26.7 Å². The first-order valence-corrected chi connectivity index (χ1v) is 16.7. The lowest BCUT2D eigenvalue weighted by molar-refractivity contribution is -0.142. The highest BCUT2D eigenvalue weighted by Gasteiger charge is 2.40. The second kappa shape index (κ2) is 16.2. The van der Waals surface area contributed by atoms with E-state index in [1.807, 2.05) is 54.5 Å². The molecule has 5 atom stereocenters. The van der Waals surface area contributed by atoms with E-state index in [2.05, 4.69) is 29.4 Å². The maximum Gasteiger partial charge on any atom is 0.249 e. The molecule has 0 aromatic carbocycles. The molecule has 3 N–H and O–H groups in total. The number of aliphatic hydroxyl groups excluding tert-OH is 1. The van der Waals surface area contributed by atoms with Crippen molar-refractivity contribution >= 4 is 23.6 Å². The Kier molecular flexibility index (Phi) is 13.9. The van der Waals surface area contributed by atoms with Crippen molar-refractivity contribution in [3.05, 3.63) is 11.6 Å². The highest BCUT2D eigenvalue weighted by atomic mass is 16.3. The van der Waals surface area contributed by atoms with Gasteiger partial charge < -0.3 is 25.5 Å². The maximum atomic E-state index is 14.1. The van der Waals surface area contributed by atoms with Gasteiger partial charge in [-0.2, -0.15) is 0 Å².